The molecular formula is C10H14N2O5. The molecule has 1 saturated heterocycles. The number of rotatable bonds is 2. The Labute approximate surface area is 96.3 Å². The summed E-state index contributed by atoms with van der Waals surface area (Å²) in [6.45, 7) is -0.0390. The van der Waals surface area contributed by atoms with E-state index in [9.17, 15) is 14.7 Å². The zero-order valence-corrected chi connectivity index (χ0v) is 9.07. The summed E-state index contributed by atoms with van der Waals surface area (Å²) in [5, 5.41) is 18.6. The third-order valence-corrected chi connectivity index (χ3v) is 2.87. The predicted molar refractivity (Wildman–Crippen MR) is 57.8 cm³/mol. The van der Waals surface area contributed by atoms with Crippen LogP contribution in [0.15, 0.2) is 21.9 Å². The minimum Gasteiger partial charge on any atom is -0.394 e. The van der Waals surface area contributed by atoms with Gasteiger partial charge in [-0.05, 0) is 6.42 Å². The van der Waals surface area contributed by atoms with Gasteiger partial charge in [0.25, 0.3) is 5.56 Å². The van der Waals surface area contributed by atoms with Gasteiger partial charge in [-0.2, -0.15) is 0 Å². The Balaban J connectivity index is 2.19. The van der Waals surface area contributed by atoms with Gasteiger partial charge in [-0.15, -0.1) is 0 Å². The van der Waals surface area contributed by atoms with Gasteiger partial charge >= 0.3 is 5.69 Å². The first-order chi connectivity index (χ1) is 8.11. The van der Waals surface area contributed by atoms with Crippen LogP contribution < -0.4 is 11.2 Å². The third-order valence-electron chi connectivity index (χ3n) is 2.87. The van der Waals surface area contributed by atoms with E-state index in [1.54, 1.807) is 0 Å². The van der Waals surface area contributed by atoms with Gasteiger partial charge in [-0.3, -0.25) is 14.3 Å². The molecule has 0 aliphatic carbocycles. The quantitative estimate of drug-likeness (QED) is 0.568. The molecule has 3 N–H and O–H groups in total. The number of aliphatic hydroxyl groups is 2. The van der Waals surface area contributed by atoms with Crippen LogP contribution in [0, 0.1) is 0 Å². The number of H-pyrrole nitrogens is 1. The monoisotopic (exact) mass is 242 g/mol. The van der Waals surface area contributed by atoms with Crippen molar-refractivity contribution in [2.75, 3.05) is 13.2 Å². The van der Waals surface area contributed by atoms with Crippen molar-refractivity contribution in [1.29, 1.82) is 0 Å². The second-order valence-corrected chi connectivity index (χ2v) is 4.03. The number of aromatic nitrogens is 2. The lowest BCUT2D eigenvalue weighted by Crippen LogP contribution is -2.44. The summed E-state index contributed by atoms with van der Waals surface area (Å²) >= 11 is 0. The Kier molecular flexibility index (Phi) is 3.41. The molecule has 17 heavy (non-hydrogen) atoms. The van der Waals surface area contributed by atoms with Gasteiger partial charge in [0, 0.05) is 12.3 Å². The van der Waals surface area contributed by atoms with Crippen molar-refractivity contribution in [1.82, 2.24) is 9.55 Å². The van der Waals surface area contributed by atoms with Gasteiger partial charge in [-0.25, -0.2) is 4.79 Å². The molecule has 1 aliphatic heterocycles. The topological polar surface area (TPSA) is 105 Å². The fourth-order valence-electron chi connectivity index (χ4n) is 1.93. The van der Waals surface area contributed by atoms with Crippen molar-refractivity contribution in [3.05, 3.63) is 33.1 Å². The van der Waals surface area contributed by atoms with E-state index in [2.05, 4.69) is 4.98 Å². The van der Waals surface area contributed by atoms with Crippen molar-refractivity contribution >= 4 is 0 Å². The Bertz CT molecular complexity index is 494. The van der Waals surface area contributed by atoms with Crippen molar-refractivity contribution in [2.24, 2.45) is 0 Å². The molecule has 1 aromatic rings. The summed E-state index contributed by atoms with van der Waals surface area (Å²) in [4.78, 5) is 24.6. The number of aromatic amines is 1. The van der Waals surface area contributed by atoms with Crippen LogP contribution in [0.3, 0.4) is 0 Å². The number of nitrogens with one attached hydrogen (secondary N) is 1. The van der Waals surface area contributed by atoms with E-state index in [1.807, 2.05) is 0 Å². The predicted octanol–water partition coefficient (Wildman–Crippen LogP) is -1.78. The summed E-state index contributed by atoms with van der Waals surface area (Å²) in [7, 11) is 0. The van der Waals surface area contributed by atoms with Crippen LogP contribution in [-0.4, -0.2) is 45.2 Å². The highest BCUT2D eigenvalue weighted by Crippen LogP contribution is 2.22. The van der Waals surface area contributed by atoms with Gasteiger partial charge in [0.15, 0.2) is 0 Å². The number of hydrogen-bond acceptors (Lipinski definition) is 5. The Hall–Kier alpha value is -1.44. The van der Waals surface area contributed by atoms with Gasteiger partial charge in [0.05, 0.1) is 25.4 Å². The molecule has 7 heteroatoms. The maximum Gasteiger partial charge on any atom is 0.328 e. The fourth-order valence-corrected chi connectivity index (χ4v) is 1.93. The zero-order chi connectivity index (χ0) is 12.4. The average Bonchev–Trinajstić information content (AvgIpc) is 2.29. The van der Waals surface area contributed by atoms with E-state index >= 15 is 0 Å². The molecule has 7 nitrogen and oxygen atoms in total. The van der Waals surface area contributed by atoms with Crippen LogP contribution in [0.1, 0.15) is 12.5 Å². The van der Waals surface area contributed by atoms with Crippen LogP contribution in [0.4, 0.5) is 0 Å². The summed E-state index contributed by atoms with van der Waals surface area (Å²) in [5.74, 6) is 0. The zero-order valence-electron chi connectivity index (χ0n) is 9.07. The molecule has 3 unspecified atom stereocenters. The molecule has 1 aliphatic rings. The van der Waals surface area contributed by atoms with E-state index in [-0.39, 0.29) is 19.3 Å². The first-order valence-corrected chi connectivity index (χ1v) is 5.34. The van der Waals surface area contributed by atoms with E-state index in [1.165, 1.54) is 16.8 Å². The van der Waals surface area contributed by atoms with E-state index in [4.69, 9.17) is 9.84 Å². The highest BCUT2D eigenvalue weighted by molar-refractivity contribution is 4.89. The average molecular weight is 242 g/mol. The summed E-state index contributed by atoms with van der Waals surface area (Å²) in [6.07, 6.45) is 0.250. The minimum atomic E-state index is -0.822. The summed E-state index contributed by atoms with van der Waals surface area (Å²) < 4.78 is 6.56. The standard InChI is InChI=1S/C10H14N2O5/c13-4-8-7(14)3-6(5-17-8)12-2-1-9(15)11-10(12)16/h1-2,6-8,13-14H,3-5H2,(H,11,15,16). The number of hydrogen-bond donors (Lipinski definition) is 3. The van der Waals surface area contributed by atoms with Crippen LogP contribution in [-0.2, 0) is 4.74 Å². The van der Waals surface area contributed by atoms with Gasteiger partial charge in [0.1, 0.15) is 6.10 Å². The first kappa shape index (κ1) is 12.0. The van der Waals surface area contributed by atoms with Crippen LogP contribution in [0.25, 0.3) is 0 Å². The van der Waals surface area contributed by atoms with Gasteiger partial charge in [-0.1, -0.05) is 0 Å². The van der Waals surface area contributed by atoms with Crippen molar-refractivity contribution in [3.8, 4) is 0 Å². The van der Waals surface area contributed by atoms with Gasteiger partial charge < -0.3 is 14.9 Å². The lowest BCUT2D eigenvalue weighted by Gasteiger charge is -2.32. The molecule has 0 aromatic carbocycles. The fraction of sp³-hybridized carbons (Fsp3) is 0.600. The Morgan fingerprint density at radius 2 is 2.29 bits per heavy atom. The highest BCUT2D eigenvalue weighted by atomic mass is 16.5. The minimum absolute atomic E-state index is 0.217. The smallest absolute Gasteiger partial charge is 0.328 e. The van der Waals surface area contributed by atoms with Crippen LogP contribution >= 0.6 is 0 Å². The van der Waals surface area contributed by atoms with Crippen LogP contribution in [0.5, 0.6) is 0 Å². The van der Waals surface area contributed by atoms with Crippen molar-refractivity contribution < 1.29 is 14.9 Å². The Morgan fingerprint density at radius 3 is 2.88 bits per heavy atom. The molecule has 0 radical (unpaired) electrons. The molecular weight excluding hydrogens is 228 g/mol. The molecule has 1 fully saturated rings. The molecule has 0 spiro atoms. The largest absolute Gasteiger partial charge is 0.394 e. The first-order valence-electron chi connectivity index (χ1n) is 5.34. The number of aliphatic hydroxyl groups excluding tert-OH is 2. The van der Waals surface area contributed by atoms with E-state index < -0.39 is 23.5 Å². The maximum atomic E-state index is 11.5. The molecule has 0 bridgehead atoms. The molecule has 0 saturated carbocycles. The van der Waals surface area contributed by atoms with E-state index in [0.29, 0.717) is 6.42 Å². The second kappa shape index (κ2) is 4.82. The third kappa shape index (κ3) is 2.46. The molecule has 2 rings (SSSR count). The summed E-state index contributed by atoms with van der Waals surface area (Å²) in [6, 6.07) is 0.906. The lowest BCUT2D eigenvalue weighted by molar-refractivity contribution is -0.113. The molecule has 0 amide bonds. The normalized spacial score (nSPS) is 29.2. The highest BCUT2D eigenvalue weighted by Gasteiger charge is 2.30. The molecule has 2 heterocycles. The Morgan fingerprint density at radius 1 is 1.53 bits per heavy atom. The van der Waals surface area contributed by atoms with Crippen molar-refractivity contribution in [3.63, 3.8) is 0 Å². The number of nitrogens with zero attached hydrogens (tertiary/aromatic N) is 1. The van der Waals surface area contributed by atoms with E-state index in [0.717, 1.165) is 0 Å². The number of ether oxygens (including phenoxy) is 1. The second-order valence-electron chi connectivity index (χ2n) is 4.03. The molecule has 94 valence electrons. The van der Waals surface area contributed by atoms with Crippen molar-refractivity contribution in [2.45, 2.75) is 24.7 Å². The molecule has 1 aromatic heterocycles. The van der Waals surface area contributed by atoms with Gasteiger partial charge in [0.2, 0.25) is 0 Å². The van der Waals surface area contributed by atoms with Crippen LogP contribution in [0.2, 0.25) is 0 Å². The maximum absolute atomic E-state index is 11.5. The molecule has 3 atom stereocenters. The lowest BCUT2D eigenvalue weighted by atomic mass is 10.0. The summed E-state index contributed by atoms with van der Waals surface area (Å²) in [5.41, 5.74) is -0.988. The SMILES string of the molecule is O=c1ccn(C2COC(CO)C(O)C2)c(=O)[nH]1.